The van der Waals surface area contributed by atoms with Gasteiger partial charge in [-0.3, -0.25) is 14.7 Å². The van der Waals surface area contributed by atoms with Gasteiger partial charge in [0.05, 0.1) is 0 Å². The number of carbonyl (C=O) groups excluding carboxylic acids is 1. The Kier molecular flexibility index (Phi) is 5.82. The van der Waals surface area contributed by atoms with Crippen LogP contribution in [0.3, 0.4) is 0 Å². The molecule has 1 aromatic carbocycles. The fourth-order valence-electron chi connectivity index (χ4n) is 3.71. The number of rotatable bonds is 5. The number of pyridine rings is 1. The minimum atomic E-state index is 0.0555. The molecule has 4 heteroatoms. The third kappa shape index (κ3) is 4.67. The van der Waals surface area contributed by atoms with E-state index in [9.17, 15) is 4.79 Å². The van der Waals surface area contributed by atoms with Crippen LogP contribution in [0.15, 0.2) is 42.7 Å². The van der Waals surface area contributed by atoms with E-state index < -0.39 is 0 Å². The molecule has 1 saturated heterocycles. The molecule has 1 aromatic heterocycles. The number of hydrogen-bond donors (Lipinski definition) is 1. The summed E-state index contributed by atoms with van der Waals surface area (Å²) in [6.07, 6.45) is 6.11. The fraction of sp³-hybridized carbons (Fsp3) is 0.429. The molecule has 1 amide bonds. The molecule has 0 saturated carbocycles. The number of amides is 1. The summed E-state index contributed by atoms with van der Waals surface area (Å²) >= 11 is 0. The number of benzene rings is 1. The number of aryl methyl sites for hydroxylation is 2. The van der Waals surface area contributed by atoms with Gasteiger partial charge >= 0.3 is 0 Å². The molecule has 25 heavy (non-hydrogen) atoms. The van der Waals surface area contributed by atoms with Gasteiger partial charge in [0, 0.05) is 37.6 Å². The molecule has 4 nitrogen and oxygen atoms in total. The Morgan fingerprint density at radius 2 is 2.04 bits per heavy atom. The van der Waals surface area contributed by atoms with E-state index in [1.165, 1.54) is 18.4 Å². The van der Waals surface area contributed by atoms with Gasteiger partial charge in [-0.2, -0.15) is 0 Å². The van der Waals surface area contributed by atoms with Crippen LogP contribution in [-0.4, -0.2) is 35.4 Å². The highest BCUT2D eigenvalue weighted by Gasteiger charge is 2.21. The maximum absolute atomic E-state index is 12.6. The lowest BCUT2D eigenvalue weighted by molar-refractivity contribution is 0.0929. The van der Waals surface area contributed by atoms with Crippen molar-refractivity contribution in [2.45, 2.75) is 33.2 Å². The largest absolute Gasteiger partial charge is 0.352 e. The normalized spacial score (nSPS) is 18.1. The van der Waals surface area contributed by atoms with Gasteiger partial charge in [0.1, 0.15) is 0 Å². The minimum absolute atomic E-state index is 0.0555. The van der Waals surface area contributed by atoms with Crippen LogP contribution in [0, 0.1) is 19.8 Å². The average Bonchev–Trinajstić information content (AvgIpc) is 2.61. The molecule has 3 rings (SSSR count). The van der Waals surface area contributed by atoms with Crippen LogP contribution < -0.4 is 5.32 Å². The summed E-state index contributed by atoms with van der Waals surface area (Å²) in [4.78, 5) is 19.2. The second-order valence-corrected chi connectivity index (χ2v) is 7.08. The van der Waals surface area contributed by atoms with Gasteiger partial charge in [-0.1, -0.05) is 24.3 Å². The van der Waals surface area contributed by atoms with Gasteiger partial charge in [-0.25, -0.2) is 0 Å². The lowest BCUT2D eigenvalue weighted by Gasteiger charge is -2.32. The molecular weight excluding hydrogens is 310 g/mol. The zero-order chi connectivity index (χ0) is 17.6. The van der Waals surface area contributed by atoms with Crippen molar-refractivity contribution in [1.29, 1.82) is 0 Å². The first-order valence-electron chi connectivity index (χ1n) is 9.09. The maximum Gasteiger partial charge on any atom is 0.251 e. The third-order valence-corrected chi connectivity index (χ3v) is 4.99. The van der Waals surface area contributed by atoms with E-state index in [-0.39, 0.29) is 5.91 Å². The predicted molar refractivity (Wildman–Crippen MR) is 100 cm³/mol. The Balaban J connectivity index is 1.53. The number of nitrogens with zero attached hydrogens (tertiary/aromatic N) is 2. The second-order valence-electron chi connectivity index (χ2n) is 7.08. The number of carbonyl (C=O) groups is 1. The summed E-state index contributed by atoms with van der Waals surface area (Å²) < 4.78 is 0. The molecule has 2 aromatic rings. The van der Waals surface area contributed by atoms with E-state index in [4.69, 9.17) is 0 Å². The van der Waals surface area contributed by atoms with Crippen molar-refractivity contribution in [3.05, 3.63) is 65.0 Å². The molecule has 0 bridgehead atoms. The second kappa shape index (κ2) is 8.26. The summed E-state index contributed by atoms with van der Waals surface area (Å²) in [7, 11) is 0. The van der Waals surface area contributed by atoms with Crippen LogP contribution in [-0.2, 0) is 6.54 Å². The van der Waals surface area contributed by atoms with Crippen LogP contribution in [0.25, 0.3) is 0 Å². The highest BCUT2D eigenvalue weighted by molar-refractivity contribution is 5.97. The highest BCUT2D eigenvalue weighted by atomic mass is 16.1. The Morgan fingerprint density at radius 3 is 2.76 bits per heavy atom. The first-order chi connectivity index (χ1) is 12.1. The topological polar surface area (TPSA) is 45.2 Å². The minimum Gasteiger partial charge on any atom is -0.352 e. The number of likely N-dealkylation sites (tertiary alicyclic amines) is 1. The molecule has 1 aliphatic heterocycles. The van der Waals surface area contributed by atoms with E-state index >= 15 is 0 Å². The summed E-state index contributed by atoms with van der Waals surface area (Å²) in [5.74, 6) is 0.568. The van der Waals surface area contributed by atoms with Gasteiger partial charge in [0.25, 0.3) is 5.91 Å². The summed E-state index contributed by atoms with van der Waals surface area (Å²) in [6, 6.07) is 10.1. The van der Waals surface area contributed by atoms with Gasteiger partial charge in [0.15, 0.2) is 0 Å². The maximum atomic E-state index is 12.6. The zero-order valence-electron chi connectivity index (χ0n) is 15.2. The molecule has 0 spiro atoms. The van der Waals surface area contributed by atoms with E-state index in [0.29, 0.717) is 5.92 Å². The van der Waals surface area contributed by atoms with Crippen LogP contribution in [0.4, 0.5) is 0 Å². The van der Waals surface area contributed by atoms with Gasteiger partial charge in [-0.15, -0.1) is 0 Å². The van der Waals surface area contributed by atoms with Crippen molar-refractivity contribution in [2.75, 3.05) is 19.6 Å². The third-order valence-electron chi connectivity index (χ3n) is 4.99. The van der Waals surface area contributed by atoms with E-state index in [2.05, 4.69) is 21.3 Å². The van der Waals surface area contributed by atoms with Gasteiger partial charge < -0.3 is 5.32 Å². The summed E-state index contributed by atoms with van der Waals surface area (Å²) in [5, 5.41) is 3.16. The SMILES string of the molecule is Cc1cccc(C)c1C(=O)NC[C@@H]1CCCN(Cc2cccnc2)C1. The van der Waals surface area contributed by atoms with Crippen molar-refractivity contribution >= 4 is 5.91 Å². The molecule has 132 valence electrons. The molecule has 0 unspecified atom stereocenters. The molecule has 0 radical (unpaired) electrons. The van der Waals surface area contributed by atoms with Gasteiger partial charge in [0.2, 0.25) is 0 Å². The van der Waals surface area contributed by atoms with Crippen LogP contribution >= 0.6 is 0 Å². The first-order valence-corrected chi connectivity index (χ1v) is 9.09. The average molecular weight is 337 g/mol. The lowest BCUT2D eigenvalue weighted by Crippen LogP contribution is -2.40. The number of nitrogens with one attached hydrogen (secondary N) is 1. The lowest BCUT2D eigenvalue weighted by atomic mass is 9.97. The predicted octanol–water partition coefficient (Wildman–Crippen LogP) is 3.34. The molecule has 1 fully saturated rings. The summed E-state index contributed by atoms with van der Waals surface area (Å²) in [5.41, 5.74) is 4.16. The molecule has 1 N–H and O–H groups in total. The molecule has 1 atom stereocenters. The highest BCUT2D eigenvalue weighted by Crippen LogP contribution is 2.18. The Morgan fingerprint density at radius 1 is 1.24 bits per heavy atom. The standard InChI is InChI=1S/C21H27N3O/c1-16-6-3-7-17(2)20(16)21(25)23-13-19-9-5-11-24(15-19)14-18-8-4-10-22-12-18/h3-4,6-8,10,12,19H,5,9,11,13-15H2,1-2H3,(H,23,25)/t19-/m0/s1. The van der Waals surface area contributed by atoms with Crippen LogP contribution in [0.5, 0.6) is 0 Å². The van der Waals surface area contributed by atoms with Crippen molar-refractivity contribution in [3.8, 4) is 0 Å². The smallest absolute Gasteiger partial charge is 0.251 e. The Hall–Kier alpha value is -2.20. The Bertz CT molecular complexity index is 694. The van der Waals surface area contributed by atoms with Crippen LogP contribution in [0.2, 0.25) is 0 Å². The monoisotopic (exact) mass is 337 g/mol. The number of piperidine rings is 1. The van der Waals surface area contributed by atoms with E-state index in [1.54, 1.807) is 0 Å². The Labute approximate surface area is 150 Å². The molecule has 0 aliphatic carbocycles. The molecule has 1 aliphatic rings. The van der Waals surface area contributed by atoms with E-state index in [0.717, 1.165) is 42.9 Å². The fourth-order valence-corrected chi connectivity index (χ4v) is 3.71. The van der Waals surface area contributed by atoms with Crippen molar-refractivity contribution in [2.24, 2.45) is 5.92 Å². The zero-order valence-corrected chi connectivity index (χ0v) is 15.2. The molecule has 2 heterocycles. The van der Waals surface area contributed by atoms with Crippen molar-refractivity contribution < 1.29 is 4.79 Å². The van der Waals surface area contributed by atoms with Crippen LogP contribution in [0.1, 0.15) is 39.9 Å². The van der Waals surface area contributed by atoms with Crippen molar-refractivity contribution in [1.82, 2.24) is 15.2 Å². The van der Waals surface area contributed by atoms with E-state index in [1.807, 2.05) is 50.5 Å². The van der Waals surface area contributed by atoms with Crippen molar-refractivity contribution in [3.63, 3.8) is 0 Å². The first kappa shape index (κ1) is 17.6. The quantitative estimate of drug-likeness (QED) is 0.910. The summed E-state index contributed by atoms with van der Waals surface area (Å²) in [6.45, 7) is 7.83. The number of hydrogen-bond acceptors (Lipinski definition) is 3. The van der Waals surface area contributed by atoms with Gasteiger partial charge in [-0.05, 0) is 61.9 Å². The number of aromatic nitrogens is 1. The molecular formula is C21H27N3O.